The van der Waals surface area contributed by atoms with E-state index in [1.165, 1.54) is 89.9 Å². The van der Waals surface area contributed by atoms with Gasteiger partial charge in [-0.3, -0.25) is 4.79 Å². The van der Waals surface area contributed by atoms with Gasteiger partial charge in [0.1, 0.15) is 6.04 Å². The fraction of sp³-hybridized carbons (Fsp3) is 0.931. The molecule has 0 saturated carbocycles. The molecule has 0 aliphatic carbocycles. The molecule has 0 aliphatic heterocycles. The highest BCUT2D eigenvalue weighted by molar-refractivity contribution is 5.83. The van der Waals surface area contributed by atoms with Crippen LogP contribution in [0.1, 0.15) is 149 Å². The largest absolute Gasteiger partial charge is 0.480 e. The van der Waals surface area contributed by atoms with Gasteiger partial charge in [0.25, 0.3) is 0 Å². The van der Waals surface area contributed by atoms with Crippen LogP contribution in [-0.2, 0) is 9.59 Å². The van der Waals surface area contributed by atoms with Crippen LogP contribution in [-0.4, -0.2) is 41.0 Å². The summed E-state index contributed by atoms with van der Waals surface area (Å²) in [6, 6.07) is -0.709. The predicted molar refractivity (Wildman–Crippen MR) is 145 cm³/mol. The fourth-order valence-electron chi connectivity index (χ4n) is 4.77. The van der Waals surface area contributed by atoms with E-state index >= 15 is 0 Å². The van der Waals surface area contributed by atoms with Crippen LogP contribution < -0.4 is 5.73 Å². The number of unbranched alkanes of at least 4 members (excludes halogenated alkanes) is 17. The third kappa shape index (κ3) is 18.3. The standard InChI is InChI=1S/C29H58N2O3/c1-4-5-6-7-8-11-14-17-20-23-27(32)31(28(26(2)3)29(33)34)25-22-19-16-13-10-9-12-15-18-21-24-30/h26,28H,4-25,30H2,1-3H3,(H,33,34)/t28-/m0/s1. The van der Waals surface area contributed by atoms with Crippen molar-refractivity contribution in [3.63, 3.8) is 0 Å². The van der Waals surface area contributed by atoms with Crippen molar-refractivity contribution in [3.05, 3.63) is 0 Å². The van der Waals surface area contributed by atoms with Gasteiger partial charge in [-0.05, 0) is 31.7 Å². The Balaban J connectivity index is 4.22. The van der Waals surface area contributed by atoms with Gasteiger partial charge in [0.15, 0.2) is 0 Å². The number of amides is 1. The van der Waals surface area contributed by atoms with E-state index < -0.39 is 12.0 Å². The van der Waals surface area contributed by atoms with Crippen LogP contribution in [0, 0.1) is 5.92 Å². The van der Waals surface area contributed by atoms with Crippen LogP contribution in [0.2, 0.25) is 0 Å². The Morgan fingerprint density at radius 1 is 0.676 bits per heavy atom. The van der Waals surface area contributed by atoms with Crippen molar-refractivity contribution in [2.45, 2.75) is 155 Å². The summed E-state index contributed by atoms with van der Waals surface area (Å²) in [6.07, 6.45) is 23.3. The molecule has 5 nitrogen and oxygen atoms in total. The molecule has 0 aromatic rings. The first-order valence-electron chi connectivity index (χ1n) is 14.7. The van der Waals surface area contributed by atoms with Gasteiger partial charge in [-0.15, -0.1) is 0 Å². The number of hydrogen-bond donors (Lipinski definition) is 2. The summed E-state index contributed by atoms with van der Waals surface area (Å²) in [6.45, 7) is 7.43. The minimum absolute atomic E-state index is 0.0292. The highest BCUT2D eigenvalue weighted by Gasteiger charge is 2.31. The van der Waals surface area contributed by atoms with Crippen LogP contribution in [0.5, 0.6) is 0 Å². The summed E-state index contributed by atoms with van der Waals surface area (Å²) in [7, 11) is 0. The number of aliphatic carboxylic acids is 1. The molecule has 0 fully saturated rings. The van der Waals surface area contributed by atoms with E-state index in [-0.39, 0.29) is 11.8 Å². The third-order valence-corrected chi connectivity index (χ3v) is 6.89. The lowest BCUT2D eigenvalue weighted by Gasteiger charge is -2.31. The average Bonchev–Trinajstić information content (AvgIpc) is 2.80. The van der Waals surface area contributed by atoms with Crippen LogP contribution in [0.3, 0.4) is 0 Å². The van der Waals surface area contributed by atoms with Crippen LogP contribution in [0.25, 0.3) is 0 Å². The van der Waals surface area contributed by atoms with Gasteiger partial charge in [-0.2, -0.15) is 0 Å². The van der Waals surface area contributed by atoms with E-state index in [0.717, 1.165) is 38.6 Å². The minimum Gasteiger partial charge on any atom is -0.480 e. The molecule has 0 bridgehead atoms. The molecule has 0 aliphatic rings. The first-order chi connectivity index (χ1) is 16.5. The first-order valence-corrected chi connectivity index (χ1v) is 14.7. The van der Waals surface area contributed by atoms with Crippen molar-refractivity contribution < 1.29 is 14.7 Å². The lowest BCUT2D eigenvalue weighted by atomic mass is 10.0. The van der Waals surface area contributed by atoms with E-state index in [4.69, 9.17) is 5.73 Å². The Morgan fingerprint density at radius 2 is 1.09 bits per heavy atom. The van der Waals surface area contributed by atoms with Gasteiger partial charge in [-0.1, -0.05) is 124 Å². The normalized spacial score (nSPS) is 12.3. The number of nitrogens with zero attached hydrogens (tertiary/aromatic N) is 1. The number of carbonyl (C=O) groups is 2. The number of hydrogen-bond acceptors (Lipinski definition) is 3. The maximum atomic E-state index is 13.0. The molecule has 1 amide bonds. The Morgan fingerprint density at radius 3 is 1.50 bits per heavy atom. The van der Waals surface area contributed by atoms with Crippen LogP contribution in [0.4, 0.5) is 0 Å². The van der Waals surface area contributed by atoms with E-state index in [0.29, 0.717) is 13.0 Å². The van der Waals surface area contributed by atoms with E-state index in [2.05, 4.69) is 6.92 Å². The number of carbonyl (C=O) groups excluding carboxylic acids is 1. The number of rotatable bonds is 25. The van der Waals surface area contributed by atoms with Gasteiger partial charge in [0, 0.05) is 13.0 Å². The summed E-state index contributed by atoms with van der Waals surface area (Å²) in [5.74, 6) is -0.921. The molecule has 34 heavy (non-hydrogen) atoms. The third-order valence-electron chi connectivity index (χ3n) is 6.89. The Kier molecular flexibility index (Phi) is 22.9. The monoisotopic (exact) mass is 482 g/mol. The average molecular weight is 483 g/mol. The molecule has 1 atom stereocenters. The highest BCUT2D eigenvalue weighted by atomic mass is 16.4. The quantitative estimate of drug-likeness (QED) is 0.131. The molecule has 0 rings (SSSR count). The maximum absolute atomic E-state index is 13.0. The Labute approximate surface area is 211 Å². The van der Waals surface area contributed by atoms with Crippen molar-refractivity contribution in [3.8, 4) is 0 Å². The number of nitrogens with two attached hydrogens (primary N) is 1. The van der Waals surface area contributed by atoms with Crippen LogP contribution in [0.15, 0.2) is 0 Å². The molecular formula is C29H58N2O3. The SMILES string of the molecule is CCCCCCCCCCCC(=O)N(CCCCCCCCCCCCN)[C@H](C(=O)O)C(C)C. The first kappa shape index (κ1) is 32.9. The van der Waals surface area contributed by atoms with Crippen molar-refractivity contribution in [1.82, 2.24) is 4.90 Å². The summed E-state index contributed by atoms with van der Waals surface area (Å²) < 4.78 is 0. The minimum atomic E-state index is -0.870. The Hall–Kier alpha value is -1.10. The molecule has 202 valence electrons. The second-order valence-corrected chi connectivity index (χ2v) is 10.5. The second-order valence-electron chi connectivity index (χ2n) is 10.5. The lowest BCUT2D eigenvalue weighted by Crippen LogP contribution is -2.48. The number of carboxylic acids is 1. The zero-order chi connectivity index (χ0) is 25.4. The summed E-state index contributed by atoms with van der Waals surface area (Å²) in [5.41, 5.74) is 5.53. The summed E-state index contributed by atoms with van der Waals surface area (Å²) in [4.78, 5) is 26.6. The molecule has 0 saturated heterocycles. The van der Waals surface area contributed by atoms with Gasteiger partial charge in [0.2, 0.25) is 5.91 Å². The van der Waals surface area contributed by atoms with Crippen molar-refractivity contribution in [2.24, 2.45) is 11.7 Å². The molecule has 0 radical (unpaired) electrons. The van der Waals surface area contributed by atoms with E-state index in [1.54, 1.807) is 4.90 Å². The molecule has 0 unspecified atom stereocenters. The fourth-order valence-corrected chi connectivity index (χ4v) is 4.77. The van der Waals surface area contributed by atoms with Gasteiger partial charge in [-0.25, -0.2) is 4.79 Å². The Bertz CT molecular complexity index is 482. The van der Waals surface area contributed by atoms with Crippen LogP contribution >= 0.6 is 0 Å². The van der Waals surface area contributed by atoms with Gasteiger partial charge in [0.05, 0.1) is 0 Å². The number of carboxylic acid groups (broad SMARTS) is 1. The lowest BCUT2D eigenvalue weighted by molar-refractivity contribution is -0.152. The molecule has 0 heterocycles. The zero-order valence-corrected chi connectivity index (χ0v) is 23.0. The summed E-state index contributed by atoms with van der Waals surface area (Å²) >= 11 is 0. The molecular weight excluding hydrogens is 424 g/mol. The maximum Gasteiger partial charge on any atom is 0.326 e. The molecule has 3 N–H and O–H groups in total. The smallest absolute Gasteiger partial charge is 0.326 e. The topological polar surface area (TPSA) is 83.6 Å². The van der Waals surface area contributed by atoms with Crippen molar-refractivity contribution in [1.29, 1.82) is 0 Å². The van der Waals surface area contributed by atoms with Gasteiger partial charge < -0.3 is 15.7 Å². The summed E-state index contributed by atoms with van der Waals surface area (Å²) in [5, 5.41) is 9.77. The zero-order valence-electron chi connectivity index (χ0n) is 23.0. The molecule has 0 spiro atoms. The van der Waals surface area contributed by atoms with Crippen molar-refractivity contribution in [2.75, 3.05) is 13.1 Å². The van der Waals surface area contributed by atoms with Gasteiger partial charge >= 0.3 is 5.97 Å². The highest BCUT2D eigenvalue weighted by Crippen LogP contribution is 2.18. The molecule has 0 aromatic carbocycles. The predicted octanol–water partition coefficient (Wildman–Crippen LogP) is 7.70. The molecule has 0 aromatic heterocycles. The van der Waals surface area contributed by atoms with Crippen molar-refractivity contribution >= 4 is 11.9 Å². The van der Waals surface area contributed by atoms with E-state index in [9.17, 15) is 14.7 Å². The second kappa shape index (κ2) is 23.6. The molecule has 5 heteroatoms. The van der Waals surface area contributed by atoms with E-state index in [1.807, 2.05) is 13.8 Å².